The van der Waals surface area contributed by atoms with Gasteiger partial charge in [-0.2, -0.15) is 0 Å². The number of benzene rings is 1. The van der Waals surface area contributed by atoms with E-state index in [1.54, 1.807) is 13.8 Å². The number of rotatable bonds is 1. The Bertz CT molecular complexity index is 308. The molecule has 0 unspecified atom stereocenters. The third-order valence-electron chi connectivity index (χ3n) is 1.71. The van der Waals surface area contributed by atoms with Crippen molar-refractivity contribution in [2.75, 3.05) is 0 Å². The Morgan fingerprint density at radius 1 is 1.33 bits per heavy atom. The Morgan fingerprint density at radius 2 is 1.75 bits per heavy atom. The Balaban J connectivity index is 3.38. The van der Waals surface area contributed by atoms with Crippen molar-refractivity contribution in [3.63, 3.8) is 0 Å². The molecule has 0 amide bonds. The predicted molar refractivity (Wildman–Crippen MR) is 42.8 cm³/mol. The minimum Gasteiger partial charge on any atom is -0.478 e. The average molecular weight is 168 g/mol. The average Bonchev–Trinajstić information content (AvgIpc) is 1.82. The van der Waals surface area contributed by atoms with Gasteiger partial charge in [0.1, 0.15) is 5.82 Å². The number of hydrogen-bond donors (Lipinski definition) is 1. The summed E-state index contributed by atoms with van der Waals surface area (Å²) in [6, 6.07) is 2.44. The zero-order chi connectivity index (χ0) is 9.30. The summed E-state index contributed by atoms with van der Waals surface area (Å²) in [4.78, 5) is 10.6. The molecule has 0 atom stereocenters. The maximum atomic E-state index is 12.7. The summed E-state index contributed by atoms with van der Waals surface area (Å²) < 4.78 is 12.7. The van der Waals surface area contributed by atoms with Crippen LogP contribution in [-0.2, 0) is 0 Å². The number of aryl methyl sites for hydroxylation is 2. The van der Waals surface area contributed by atoms with Crippen molar-refractivity contribution in [1.29, 1.82) is 0 Å². The molecule has 0 radical (unpaired) electrons. The number of halogens is 1. The second-order valence-corrected chi connectivity index (χ2v) is 2.72. The molecule has 2 nitrogen and oxygen atoms in total. The molecule has 0 spiro atoms. The van der Waals surface area contributed by atoms with Crippen molar-refractivity contribution in [2.24, 2.45) is 0 Å². The van der Waals surface area contributed by atoms with Crippen LogP contribution >= 0.6 is 0 Å². The highest BCUT2D eigenvalue weighted by atomic mass is 19.1. The van der Waals surface area contributed by atoms with E-state index < -0.39 is 11.8 Å². The van der Waals surface area contributed by atoms with Gasteiger partial charge in [-0.25, -0.2) is 9.18 Å². The first-order valence-corrected chi connectivity index (χ1v) is 3.52. The van der Waals surface area contributed by atoms with Crippen molar-refractivity contribution < 1.29 is 14.3 Å². The first-order valence-electron chi connectivity index (χ1n) is 3.52. The van der Waals surface area contributed by atoms with Gasteiger partial charge >= 0.3 is 5.97 Å². The summed E-state index contributed by atoms with van der Waals surface area (Å²) >= 11 is 0. The number of aromatic carboxylic acids is 1. The molecule has 1 rings (SSSR count). The van der Waals surface area contributed by atoms with E-state index in [-0.39, 0.29) is 5.56 Å². The molecule has 0 saturated carbocycles. The lowest BCUT2D eigenvalue weighted by atomic mass is 10.0. The molecule has 0 bridgehead atoms. The topological polar surface area (TPSA) is 37.3 Å². The van der Waals surface area contributed by atoms with Crippen LogP contribution in [0, 0.1) is 19.7 Å². The molecule has 0 aliphatic carbocycles. The lowest BCUT2D eigenvalue weighted by Crippen LogP contribution is -2.03. The zero-order valence-electron chi connectivity index (χ0n) is 6.89. The van der Waals surface area contributed by atoms with E-state index in [0.717, 1.165) is 0 Å². The van der Waals surface area contributed by atoms with Crippen molar-refractivity contribution in [3.05, 3.63) is 34.6 Å². The maximum Gasteiger partial charge on any atom is 0.336 e. The highest BCUT2D eigenvalue weighted by molar-refractivity contribution is 5.90. The molecule has 12 heavy (non-hydrogen) atoms. The smallest absolute Gasteiger partial charge is 0.336 e. The molecule has 0 saturated heterocycles. The minimum atomic E-state index is -1.01. The minimum absolute atomic E-state index is 0.191. The number of carboxylic acid groups (broad SMARTS) is 1. The van der Waals surface area contributed by atoms with Gasteiger partial charge in [0, 0.05) is 0 Å². The molecule has 0 heterocycles. The molecule has 3 heteroatoms. The van der Waals surface area contributed by atoms with Crippen LogP contribution in [0.4, 0.5) is 4.39 Å². The number of hydrogen-bond acceptors (Lipinski definition) is 1. The van der Waals surface area contributed by atoms with Gasteiger partial charge in [-0.3, -0.25) is 0 Å². The largest absolute Gasteiger partial charge is 0.478 e. The van der Waals surface area contributed by atoms with Gasteiger partial charge in [0.05, 0.1) is 5.56 Å². The third-order valence-corrected chi connectivity index (χ3v) is 1.71. The van der Waals surface area contributed by atoms with E-state index in [1.807, 2.05) is 0 Å². The summed E-state index contributed by atoms with van der Waals surface area (Å²) in [6.45, 7) is 3.17. The van der Waals surface area contributed by atoms with Crippen LogP contribution in [0.5, 0.6) is 0 Å². The van der Waals surface area contributed by atoms with Crippen LogP contribution in [0.2, 0.25) is 0 Å². The second kappa shape index (κ2) is 2.93. The quantitative estimate of drug-likeness (QED) is 0.697. The summed E-state index contributed by atoms with van der Waals surface area (Å²) in [5.41, 5.74) is 1.11. The zero-order valence-corrected chi connectivity index (χ0v) is 6.89. The monoisotopic (exact) mass is 168 g/mol. The van der Waals surface area contributed by atoms with Crippen LogP contribution in [-0.4, -0.2) is 11.1 Å². The molecule has 0 fully saturated rings. The number of carbonyl (C=O) groups is 1. The van der Waals surface area contributed by atoms with Gasteiger partial charge in [0.25, 0.3) is 0 Å². The summed E-state index contributed by atoms with van der Waals surface area (Å²) in [7, 11) is 0. The van der Waals surface area contributed by atoms with Crippen molar-refractivity contribution in [3.8, 4) is 0 Å². The van der Waals surface area contributed by atoms with Crippen LogP contribution in [0.15, 0.2) is 12.1 Å². The lowest BCUT2D eigenvalue weighted by molar-refractivity contribution is 0.0695. The molecule has 1 aromatic carbocycles. The molecule has 0 aliphatic heterocycles. The Hall–Kier alpha value is -1.38. The van der Waals surface area contributed by atoms with Gasteiger partial charge in [-0.05, 0) is 37.1 Å². The van der Waals surface area contributed by atoms with E-state index in [2.05, 4.69) is 0 Å². The first kappa shape index (κ1) is 8.71. The predicted octanol–water partition coefficient (Wildman–Crippen LogP) is 2.14. The van der Waals surface area contributed by atoms with Crippen molar-refractivity contribution in [2.45, 2.75) is 13.8 Å². The number of carboxylic acids is 1. The van der Waals surface area contributed by atoms with Gasteiger partial charge in [-0.15, -0.1) is 0 Å². The molecule has 1 N–H and O–H groups in total. The van der Waals surface area contributed by atoms with Gasteiger partial charge in [0.15, 0.2) is 0 Å². The summed E-state index contributed by atoms with van der Waals surface area (Å²) in [5, 5.41) is 8.71. The van der Waals surface area contributed by atoms with E-state index >= 15 is 0 Å². The molecular weight excluding hydrogens is 159 g/mol. The highest BCUT2D eigenvalue weighted by Gasteiger charge is 2.11. The summed E-state index contributed by atoms with van der Waals surface area (Å²) in [6.07, 6.45) is 0. The third kappa shape index (κ3) is 1.44. The maximum absolute atomic E-state index is 12.7. The van der Waals surface area contributed by atoms with E-state index in [4.69, 9.17) is 5.11 Å². The summed E-state index contributed by atoms with van der Waals surface area (Å²) in [5.74, 6) is -1.40. The fourth-order valence-corrected chi connectivity index (χ4v) is 1.25. The van der Waals surface area contributed by atoms with Crippen molar-refractivity contribution >= 4 is 5.97 Å². The molecule has 0 aromatic heterocycles. The van der Waals surface area contributed by atoms with Crippen LogP contribution in [0.1, 0.15) is 21.5 Å². The van der Waals surface area contributed by atoms with Crippen LogP contribution in [0.25, 0.3) is 0 Å². The van der Waals surface area contributed by atoms with Gasteiger partial charge in [-0.1, -0.05) is 0 Å². The Labute approximate surface area is 69.6 Å². The molecule has 64 valence electrons. The second-order valence-electron chi connectivity index (χ2n) is 2.72. The van der Waals surface area contributed by atoms with Crippen LogP contribution in [0.3, 0.4) is 0 Å². The lowest BCUT2D eigenvalue weighted by Gasteiger charge is -2.04. The van der Waals surface area contributed by atoms with E-state index in [0.29, 0.717) is 11.1 Å². The molecule has 0 aliphatic rings. The normalized spacial score (nSPS) is 9.92. The first-order chi connectivity index (χ1) is 5.52. The Morgan fingerprint density at radius 3 is 2.08 bits per heavy atom. The van der Waals surface area contributed by atoms with Crippen LogP contribution < -0.4 is 0 Å². The van der Waals surface area contributed by atoms with Gasteiger partial charge in [0.2, 0.25) is 0 Å². The van der Waals surface area contributed by atoms with E-state index in [9.17, 15) is 9.18 Å². The van der Waals surface area contributed by atoms with E-state index in [1.165, 1.54) is 12.1 Å². The SMILES string of the molecule is Cc1cc(F)cc(C)c1C(=O)O. The fourth-order valence-electron chi connectivity index (χ4n) is 1.25. The molecule has 1 aromatic rings. The molecular formula is C9H9FO2. The fraction of sp³-hybridized carbons (Fsp3) is 0.222. The Kier molecular flexibility index (Phi) is 2.13. The highest BCUT2D eigenvalue weighted by Crippen LogP contribution is 2.15. The van der Waals surface area contributed by atoms with Gasteiger partial charge < -0.3 is 5.11 Å². The van der Waals surface area contributed by atoms with Crippen molar-refractivity contribution in [1.82, 2.24) is 0 Å². The standard InChI is InChI=1S/C9H9FO2/c1-5-3-7(10)4-6(2)8(5)9(11)12/h3-4H,1-2H3,(H,11,12).